The molecule has 192 valence electrons. The highest BCUT2D eigenvalue weighted by atomic mass is 19.1. The Morgan fingerprint density at radius 2 is 2.08 bits per heavy atom. The fraction of sp³-hybridized carbons (Fsp3) is 0.269. The number of rotatable bonds is 6. The van der Waals surface area contributed by atoms with Crippen molar-refractivity contribution in [3.63, 3.8) is 0 Å². The Morgan fingerprint density at radius 3 is 2.89 bits per heavy atom. The minimum absolute atomic E-state index is 0.0652. The van der Waals surface area contributed by atoms with Gasteiger partial charge in [-0.3, -0.25) is 13.7 Å². The average molecular weight is 517 g/mol. The maximum absolute atomic E-state index is 14.6. The highest BCUT2D eigenvalue weighted by Gasteiger charge is 2.31. The van der Waals surface area contributed by atoms with Gasteiger partial charge in [-0.05, 0) is 44.3 Å². The van der Waals surface area contributed by atoms with Crippen LogP contribution in [0.3, 0.4) is 0 Å². The van der Waals surface area contributed by atoms with Gasteiger partial charge >= 0.3 is 5.69 Å². The zero-order valence-corrected chi connectivity index (χ0v) is 20.4. The Labute approximate surface area is 214 Å². The van der Waals surface area contributed by atoms with Crippen LogP contribution in [0.15, 0.2) is 47.7 Å². The predicted molar refractivity (Wildman–Crippen MR) is 134 cm³/mol. The number of aromatic nitrogens is 6. The Kier molecular flexibility index (Phi) is 5.84. The largest absolute Gasteiger partial charge is 0.490 e. The van der Waals surface area contributed by atoms with E-state index >= 15 is 0 Å². The first kappa shape index (κ1) is 23.7. The van der Waals surface area contributed by atoms with Crippen molar-refractivity contribution in [3.05, 3.63) is 76.1 Å². The normalized spacial score (nSPS) is 14.9. The summed E-state index contributed by atoms with van der Waals surface area (Å²) in [5.74, 6) is -1.39. The van der Waals surface area contributed by atoms with E-state index in [2.05, 4.69) is 21.4 Å². The van der Waals surface area contributed by atoms with Crippen LogP contribution in [0.2, 0.25) is 0 Å². The summed E-state index contributed by atoms with van der Waals surface area (Å²) >= 11 is 0. The van der Waals surface area contributed by atoms with Crippen molar-refractivity contribution < 1.29 is 13.5 Å². The van der Waals surface area contributed by atoms with Crippen LogP contribution < -0.4 is 15.7 Å². The van der Waals surface area contributed by atoms with Crippen LogP contribution in [0.4, 0.5) is 8.78 Å². The van der Waals surface area contributed by atoms with E-state index in [9.17, 15) is 18.8 Å². The van der Waals surface area contributed by atoms with Crippen LogP contribution in [0.1, 0.15) is 30.0 Å². The van der Waals surface area contributed by atoms with Gasteiger partial charge in [-0.1, -0.05) is 0 Å². The van der Waals surface area contributed by atoms with Gasteiger partial charge in [0.2, 0.25) is 5.95 Å². The van der Waals surface area contributed by atoms with Gasteiger partial charge in [0.25, 0.3) is 0 Å². The molecule has 0 saturated heterocycles. The van der Waals surface area contributed by atoms with Gasteiger partial charge < -0.3 is 10.1 Å². The van der Waals surface area contributed by atoms with Crippen molar-refractivity contribution in [3.8, 4) is 17.8 Å². The predicted octanol–water partition coefficient (Wildman–Crippen LogP) is 3.06. The minimum Gasteiger partial charge on any atom is -0.490 e. The molecule has 5 aromatic rings. The third kappa shape index (κ3) is 3.79. The number of hydrogen-bond donors (Lipinski definition) is 1. The second-order valence-electron chi connectivity index (χ2n) is 9.03. The summed E-state index contributed by atoms with van der Waals surface area (Å²) in [5, 5.41) is 12.4. The van der Waals surface area contributed by atoms with Crippen molar-refractivity contribution in [1.29, 1.82) is 5.26 Å². The molecule has 0 amide bonds. The van der Waals surface area contributed by atoms with Crippen molar-refractivity contribution in [2.75, 3.05) is 20.2 Å². The van der Waals surface area contributed by atoms with Crippen molar-refractivity contribution >= 4 is 22.2 Å². The lowest BCUT2D eigenvalue weighted by Crippen LogP contribution is -2.32. The van der Waals surface area contributed by atoms with Crippen molar-refractivity contribution in [2.45, 2.75) is 25.4 Å². The summed E-state index contributed by atoms with van der Waals surface area (Å²) in [6.45, 7) is 1.25. The van der Waals surface area contributed by atoms with Crippen LogP contribution in [0, 0.1) is 23.0 Å². The summed E-state index contributed by atoms with van der Waals surface area (Å²) < 4.78 is 39.1. The van der Waals surface area contributed by atoms with Gasteiger partial charge in [0.15, 0.2) is 17.2 Å². The highest BCUT2D eigenvalue weighted by molar-refractivity contribution is 5.79. The van der Waals surface area contributed by atoms with Gasteiger partial charge in [0.1, 0.15) is 17.7 Å². The molecule has 1 atom stereocenters. The number of imidazole rings is 2. The molecule has 0 spiro atoms. The summed E-state index contributed by atoms with van der Waals surface area (Å²) in [6, 6.07) is 8.48. The lowest BCUT2D eigenvalue weighted by atomic mass is 10.00. The summed E-state index contributed by atoms with van der Waals surface area (Å²) in [7, 11) is 1.83. The molecular formula is C26H22F2N8O2. The van der Waals surface area contributed by atoms with Crippen LogP contribution in [0.5, 0.6) is 5.75 Å². The third-order valence-corrected chi connectivity index (χ3v) is 6.74. The molecule has 0 aliphatic carbocycles. The quantitative estimate of drug-likeness (QED) is 0.345. The van der Waals surface area contributed by atoms with Crippen molar-refractivity contribution in [1.82, 2.24) is 34.0 Å². The molecule has 2 aromatic carbocycles. The fourth-order valence-corrected chi connectivity index (χ4v) is 4.99. The number of benzene rings is 2. The first-order chi connectivity index (χ1) is 18.5. The maximum atomic E-state index is 14.6. The third-order valence-electron chi connectivity index (χ3n) is 6.74. The zero-order valence-electron chi connectivity index (χ0n) is 20.4. The molecule has 38 heavy (non-hydrogen) atoms. The molecule has 4 heterocycles. The molecular weight excluding hydrogens is 494 g/mol. The Balaban J connectivity index is 1.58. The molecule has 12 heteroatoms. The molecule has 6 rings (SSSR count). The minimum atomic E-state index is -0.816. The Bertz CT molecular complexity index is 1800. The van der Waals surface area contributed by atoms with Crippen LogP contribution in [-0.4, -0.2) is 48.9 Å². The smallest absolute Gasteiger partial charge is 0.330 e. The number of halogens is 2. The standard InChI is InChI=1S/C26H22F2N8O2/c1-30-6-2-7-34-22-13-31-25(35-14-32-19-4-3-15(12-29)9-21(19)35)33-24(22)36(26(34)37)20-5-8-38-23-17(20)10-16(27)11-18(23)28/h3-4,9-11,13-14,20,30H,2,5-8H2,1H3/t20-/m1/s1. The number of nitriles is 1. The number of fused-ring (bicyclic) bond motifs is 3. The van der Waals surface area contributed by atoms with E-state index in [1.165, 1.54) is 10.6 Å². The SMILES string of the molecule is CNCCCn1c(=O)n([C@@H]2CCOc3c(F)cc(F)cc32)c2nc(-n3cnc4ccc(C#N)cc43)ncc21. The van der Waals surface area contributed by atoms with E-state index in [4.69, 9.17) is 9.72 Å². The molecule has 0 fully saturated rings. The molecule has 3 aromatic heterocycles. The van der Waals surface area contributed by atoms with Gasteiger partial charge in [0, 0.05) is 24.6 Å². The number of hydrogen-bond acceptors (Lipinski definition) is 7. The molecule has 0 radical (unpaired) electrons. The van der Waals surface area contributed by atoms with Gasteiger partial charge in [-0.25, -0.2) is 23.5 Å². The Morgan fingerprint density at radius 1 is 1.21 bits per heavy atom. The van der Waals surface area contributed by atoms with E-state index in [1.807, 2.05) is 7.05 Å². The molecule has 10 nitrogen and oxygen atoms in total. The second kappa shape index (κ2) is 9.35. The molecule has 0 unspecified atom stereocenters. The second-order valence-corrected chi connectivity index (χ2v) is 9.03. The number of nitrogens with zero attached hydrogens (tertiary/aromatic N) is 7. The maximum Gasteiger partial charge on any atom is 0.330 e. The first-order valence-corrected chi connectivity index (χ1v) is 12.1. The van der Waals surface area contributed by atoms with E-state index in [1.54, 1.807) is 39.9 Å². The van der Waals surface area contributed by atoms with E-state index in [-0.39, 0.29) is 29.6 Å². The molecule has 1 N–H and O–H groups in total. The topological polar surface area (TPSA) is 116 Å². The van der Waals surface area contributed by atoms with Gasteiger partial charge in [-0.2, -0.15) is 10.2 Å². The Hall–Kier alpha value is -4.63. The summed E-state index contributed by atoms with van der Waals surface area (Å²) in [5.41, 5.74) is 2.46. The monoisotopic (exact) mass is 516 g/mol. The molecule has 1 aliphatic heterocycles. The van der Waals surface area contributed by atoms with E-state index in [0.717, 1.165) is 6.07 Å². The highest BCUT2D eigenvalue weighted by Crippen LogP contribution is 2.38. The summed E-state index contributed by atoms with van der Waals surface area (Å²) in [6.07, 6.45) is 4.12. The number of nitrogens with one attached hydrogen (secondary N) is 1. The van der Waals surface area contributed by atoms with E-state index < -0.39 is 17.7 Å². The van der Waals surface area contributed by atoms with Gasteiger partial charge in [0.05, 0.1) is 41.5 Å². The fourth-order valence-electron chi connectivity index (χ4n) is 4.99. The van der Waals surface area contributed by atoms with Crippen molar-refractivity contribution in [2.24, 2.45) is 0 Å². The number of aryl methyl sites for hydroxylation is 1. The van der Waals surface area contributed by atoms with Gasteiger partial charge in [-0.15, -0.1) is 0 Å². The first-order valence-electron chi connectivity index (χ1n) is 12.1. The molecule has 0 bridgehead atoms. The van der Waals surface area contributed by atoms with Crippen LogP contribution >= 0.6 is 0 Å². The lowest BCUT2D eigenvalue weighted by Gasteiger charge is -2.27. The molecule has 0 saturated carbocycles. The lowest BCUT2D eigenvalue weighted by molar-refractivity contribution is 0.242. The number of ether oxygens (including phenoxy) is 1. The average Bonchev–Trinajstić information content (AvgIpc) is 3.46. The summed E-state index contributed by atoms with van der Waals surface area (Å²) in [4.78, 5) is 27.5. The molecule has 1 aliphatic rings. The van der Waals surface area contributed by atoms with Crippen LogP contribution in [-0.2, 0) is 6.54 Å². The zero-order chi connectivity index (χ0) is 26.4. The van der Waals surface area contributed by atoms with Crippen LogP contribution in [0.25, 0.3) is 28.1 Å². The van der Waals surface area contributed by atoms with E-state index in [0.29, 0.717) is 53.7 Å².